The number of amides is 1. The molecule has 0 aliphatic heterocycles. The van der Waals surface area contributed by atoms with Crippen molar-refractivity contribution in [2.24, 2.45) is 0 Å². The Bertz CT molecular complexity index is 846. The third kappa shape index (κ3) is 3.16. The number of anilines is 2. The molecule has 3 rings (SSSR count). The average molecular weight is 342 g/mol. The van der Waals surface area contributed by atoms with Gasteiger partial charge in [0.2, 0.25) is 5.88 Å². The molecule has 0 bridgehead atoms. The Labute approximate surface area is 143 Å². The molecule has 1 aromatic carbocycles. The number of nitrogens with one attached hydrogen (secondary N) is 1. The summed E-state index contributed by atoms with van der Waals surface area (Å²) in [6, 6.07) is 7.72. The van der Waals surface area contributed by atoms with Crippen LogP contribution in [0.25, 0.3) is 10.7 Å². The lowest BCUT2D eigenvalue weighted by atomic mass is 9.87. The highest BCUT2D eigenvalue weighted by Gasteiger charge is 2.24. The van der Waals surface area contributed by atoms with Gasteiger partial charge in [0, 0.05) is 17.3 Å². The van der Waals surface area contributed by atoms with Gasteiger partial charge in [-0.3, -0.25) is 4.79 Å². The summed E-state index contributed by atoms with van der Waals surface area (Å²) < 4.78 is 4.98. The molecule has 0 saturated carbocycles. The van der Waals surface area contributed by atoms with E-state index >= 15 is 0 Å². The van der Waals surface area contributed by atoms with Crippen molar-refractivity contribution in [2.75, 3.05) is 11.1 Å². The van der Waals surface area contributed by atoms with Gasteiger partial charge in [0.05, 0.1) is 0 Å². The van der Waals surface area contributed by atoms with Crippen LogP contribution in [0.15, 0.2) is 40.4 Å². The van der Waals surface area contributed by atoms with E-state index in [0.717, 1.165) is 0 Å². The number of nitrogens with two attached hydrogens (primary N) is 1. The summed E-state index contributed by atoms with van der Waals surface area (Å²) in [6.45, 7) is 6.41. The normalized spacial score (nSPS) is 11.5. The Balaban J connectivity index is 1.85. The number of rotatable bonds is 3. The van der Waals surface area contributed by atoms with E-state index in [1.165, 1.54) is 16.9 Å². The molecule has 0 fully saturated rings. The highest BCUT2D eigenvalue weighted by molar-refractivity contribution is 7.13. The van der Waals surface area contributed by atoms with Gasteiger partial charge in [-0.15, -0.1) is 11.3 Å². The maximum atomic E-state index is 12.6. The molecule has 2 aromatic heterocycles. The SMILES string of the molecule is CC(C)(C)c1ccc(NC(=O)c2c(-c3nccs3)noc2N)cc1. The quantitative estimate of drug-likeness (QED) is 0.752. The van der Waals surface area contributed by atoms with Crippen molar-refractivity contribution >= 4 is 28.8 Å². The summed E-state index contributed by atoms with van der Waals surface area (Å²) in [5, 5.41) is 9.06. The fraction of sp³-hybridized carbons (Fsp3) is 0.235. The van der Waals surface area contributed by atoms with Gasteiger partial charge in [0.15, 0.2) is 5.69 Å². The molecule has 0 aliphatic rings. The van der Waals surface area contributed by atoms with E-state index in [0.29, 0.717) is 16.4 Å². The maximum Gasteiger partial charge on any atom is 0.263 e. The molecule has 7 heteroatoms. The number of hydrogen-bond acceptors (Lipinski definition) is 6. The first-order chi connectivity index (χ1) is 11.4. The Hall–Kier alpha value is -2.67. The van der Waals surface area contributed by atoms with Gasteiger partial charge in [0.1, 0.15) is 10.6 Å². The molecule has 3 aromatic rings. The number of aromatic nitrogens is 2. The molecule has 124 valence electrons. The van der Waals surface area contributed by atoms with Crippen LogP contribution in [-0.4, -0.2) is 16.0 Å². The Kier molecular flexibility index (Phi) is 4.11. The van der Waals surface area contributed by atoms with Crippen molar-refractivity contribution < 1.29 is 9.32 Å². The molecule has 0 unspecified atom stereocenters. The van der Waals surface area contributed by atoms with E-state index < -0.39 is 0 Å². The summed E-state index contributed by atoms with van der Waals surface area (Å²) in [5.41, 5.74) is 8.24. The number of nitrogen functional groups attached to an aromatic ring is 1. The van der Waals surface area contributed by atoms with E-state index in [1.807, 2.05) is 24.3 Å². The zero-order chi connectivity index (χ0) is 17.3. The third-order valence-corrected chi connectivity index (χ3v) is 4.37. The number of nitrogens with zero attached hydrogens (tertiary/aromatic N) is 2. The lowest BCUT2D eigenvalue weighted by Gasteiger charge is -2.19. The van der Waals surface area contributed by atoms with Gasteiger partial charge in [0.25, 0.3) is 5.91 Å². The highest BCUT2D eigenvalue weighted by Crippen LogP contribution is 2.29. The minimum Gasteiger partial charge on any atom is -0.367 e. The molecule has 6 nitrogen and oxygen atoms in total. The molecule has 0 saturated heterocycles. The summed E-state index contributed by atoms with van der Waals surface area (Å²) >= 11 is 1.36. The van der Waals surface area contributed by atoms with Gasteiger partial charge >= 0.3 is 0 Å². The summed E-state index contributed by atoms with van der Waals surface area (Å²) in [5.74, 6) is -0.397. The van der Waals surface area contributed by atoms with Crippen LogP contribution >= 0.6 is 11.3 Å². The Morgan fingerprint density at radius 1 is 1.25 bits per heavy atom. The summed E-state index contributed by atoms with van der Waals surface area (Å²) in [7, 11) is 0. The number of hydrogen-bond donors (Lipinski definition) is 2. The van der Waals surface area contributed by atoms with Crippen molar-refractivity contribution in [3.8, 4) is 10.7 Å². The monoisotopic (exact) mass is 342 g/mol. The third-order valence-electron chi connectivity index (χ3n) is 3.59. The first-order valence-electron chi connectivity index (χ1n) is 7.43. The molecule has 0 atom stereocenters. The minimum absolute atomic E-state index is 0.0241. The first kappa shape index (κ1) is 16.2. The van der Waals surface area contributed by atoms with Gasteiger partial charge < -0.3 is 15.6 Å². The first-order valence-corrected chi connectivity index (χ1v) is 8.31. The number of carbonyl (C=O) groups is 1. The molecular weight excluding hydrogens is 324 g/mol. The largest absolute Gasteiger partial charge is 0.367 e. The van der Waals surface area contributed by atoms with Crippen LogP contribution in [0.2, 0.25) is 0 Å². The molecule has 1 amide bonds. The zero-order valence-corrected chi connectivity index (χ0v) is 14.5. The molecule has 0 radical (unpaired) electrons. The van der Waals surface area contributed by atoms with Crippen LogP contribution in [0, 0.1) is 0 Å². The van der Waals surface area contributed by atoms with Crippen LogP contribution in [0.3, 0.4) is 0 Å². The predicted molar refractivity (Wildman–Crippen MR) is 95.1 cm³/mol. The maximum absolute atomic E-state index is 12.6. The molecule has 3 N–H and O–H groups in total. The zero-order valence-electron chi connectivity index (χ0n) is 13.7. The Morgan fingerprint density at radius 2 is 1.96 bits per heavy atom. The average Bonchev–Trinajstić information content (AvgIpc) is 3.15. The van der Waals surface area contributed by atoms with Crippen LogP contribution in [-0.2, 0) is 5.41 Å². The van der Waals surface area contributed by atoms with Crippen LogP contribution < -0.4 is 11.1 Å². The van der Waals surface area contributed by atoms with Gasteiger partial charge in [-0.25, -0.2) is 4.98 Å². The smallest absolute Gasteiger partial charge is 0.263 e. The standard InChI is InChI=1S/C17H18N4O2S/c1-17(2,3)10-4-6-11(7-5-10)20-15(22)12-13(21-23-14(12)18)16-19-8-9-24-16/h4-9H,18H2,1-3H3,(H,20,22). The van der Waals surface area contributed by atoms with Crippen molar-refractivity contribution in [3.63, 3.8) is 0 Å². The lowest BCUT2D eigenvalue weighted by Crippen LogP contribution is -2.15. The second kappa shape index (κ2) is 6.09. The topological polar surface area (TPSA) is 94.0 Å². The number of carbonyl (C=O) groups excluding carboxylic acids is 1. The van der Waals surface area contributed by atoms with Gasteiger partial charge in [-0.2, -0.15) is 0 Å². The summed E-state index contributed by atoms with van der Waals surface area (Å²) in [6.07, 6.45) is 1.64. The fourth-order valence-electron chi connectivity index (χ4n) is 2.26. The Morgan fingerprint density at radius 3 is 2.54 bits per heavy atom. The molecule has 2 heterocycles. The van der Waals surface area contributed by atoms with E-state index in [1.54, 1.807) is 11.6 Å². The van der Waals surface area contributed by atoms with Crippen molar-refractivity contribution in [1.29, 1.82) is 0 Å². The molecular formula is C17H18N4O2S. The van der Waals surface area contributed by atoms with E-state index in [-0.39, 0.29) is 22.8 Å². The van der Waals surface area contributed by atoms with Crippen LogP contribution in [0.4, 0.5) is 11.6 Å². The van der Waals surface area contributed by atoms with E-state index in [9.17, 15) is 4.79 Å². The van der Waals surface area contributed by atoms with E-state index in [4.69, 9.17) is 10.3 Å². The summed E-state index contributed by atoms with van der Waals surface area (Å²) in [4.78, 5) is 16.7. The van der Waals surface area contributed by atoms with Crippen molar-refractivity contribution in [2.45, 2.75) is 26.2 Å². The highest BCUT2D eigenvalue weighted by atomic mass is 32.1. The van der Waals surface area contributed by atoms with Crippen molar-refractivity contribution in [1.82, 2.24) is 10.1 Å². The van der Waals surface area contributed by atoms with Gasteiger partial charge in [-0.1, -0.05) is 38.1 Å². The molecule has 0 spiro atoms. The van der Waals surface area contributed by atoms with Crippen LogP contribution in [0.5, 0.6) is 0 Å². The lowest BCUT2D eigenvalue weighted by molar-refractivity contribution is 0.102. The minimum atomic E-state index is -0.373. The van der Waals surface area contributed by atoms with Crippen LogP contribution in [0.1, 0.15) is 36.7 Å². The molecule has 24 heavy (non-hydrogen) atoms. The van der Waals surface area contributed by atoms with E-state index in [2.05, 4.69) is 36.2 Å². The predicted octanol–water partition coefficient (Wildman–Crippen LogP) is 3.93. The van der Waals surface area contributed by atoms with Gasteiger partial charge in [-0.05, 0) is 23.1 Å². The second-order valence-corrected chi connectivity index (χ2v) is 7.28. The molecule has 0 aliphatic carbocycles. The number of benzene rings is 1. The van der Waals surface area contributed by atoms with Crippen molar-refractivity contribution in [3.05, 3.63) is 47.0 Å². The number of thiazole rings is 1. The second-order valence-electron chi connectivity index (χ2n) is 6.39. The fourth-order valence-corrected chi connectivity index (χ4v) is 2.88.